The Bertz CT molecular complexity index is 595. The summed E-state index contributed by atoms with van der Waals surface area (Å²) in [4.78, 5) is 15.4. The summed E-state index contributed by atoms with van der Waals surface area (Å²) in [6.45, 7) is 2.69. The maximum absolute atomic E-state index is 10.9. The predicted octanol–water partition coefficient (Wildman–Crippen LogP) is 1.92. The second kappa shape index (κ2) is 5.93. The highest BCUT2D eigenvalue weighted by atomic mass is 35.5. The van der Waals surface area contributed by atoms with E-state index >= 15 is 0 Å². The molecular formula is C13H16ClN3O2. The molecule has 1 aromatic carbocycles. The molecule has 2 rings (SSSR count). The van der Waals surface area contributed by atoms with Crippen molar-refractivity contribution in [2.45, 2.75) is 19.3 Å². The maximum atomic E-state index is 10.9. The average Bonchev–Trinajstić information content (AvgIpc) is 2.75. The normalized spacial score (nSPS) is 10.7. The highest BCUT2D eigenvalue weighted by Crippen LogP contribution is 2.22. The van der Waals surface area contributed by atoms with E-state index in [1.807, 2.05) is 22.8 Å². The van der Waals surface area contributed by atoms with Gasteiger partial charge in [-0.1, -0.05) is 0 Å². The molecular weight excluding hydrogens is 266 g/mol. The summed E-state index contributed by atoms with van der Waals surface area (Å²) in [5.74, 6) is 1.84. The standard InChI is InChI=1S/C13H16ClN3O2/c1-9(18)15-5-6-17-12-4-3-10(19-2)7-11(12)16-13(17)8-14/h3-4,7H,5-6,8H2,1-2H3,(H,15,18). The first-order valence-electron chi connectivity index (χ1n) is 5.99. The van der Waals surface area contributed by atoms with E-state index in [1.165, 1.54) is 6.92 Å². The minimum atomic E-state index is -0.0430. The molecule has 1 amide bonds. The summed E-state index contributed by atoms with van der Waals surface area (Å²) >= 11 is 5.92. The number of aromatic nitrogens is 2. The first-order valence-corrected chi connectivity index (χ1v) is 6.52. The average molecular weight is 282 g/mol. The number of carbonyl (C=O) groups is 1. The van der Waals surface area contributed by atoms with Crippen LogP contribution in [0.2, 0.25) is 0 Å². The first kappa shape index (κ1) is 13.7. The van der Waals surface area contributed by atoms with Crippen LogP contribution in [0.25, 0.3) is 11.0 Å². The van der Waals surface area contributed by atoms with Crippen LogP contribution in [-0.4, -0.2) is 29.1 Å². The number of hydrogen-bond donors (Lipinski definition) is 1. The van der Waals surface area contributed by atoms with Gasteiger partial charge < -0.3 is 14.6 Å². The maximum Gasteiger partial charge on any atom is 0.216 e. The predicted molar refractivity (Wildman–Crippen MR) is 74.5 cm³/mol. The molecule has 0 aliphatic heterocycles. The molecule has 0 atom stereocenters. The molecule has 0 unspecified atom stereocenters. The van der Waals surface area contributed by atoms with Crippen LogP contribution in [0.4, 0.5) is 0 Å². The van der Waals surface area contributed by atoms with Gasteiger partial charge in [-0.2, -0.15) is 0 Å². The van der Waals surface area contributed by atoms with Gasteiger partial charge in [0, 0.05) is 26.1 Å². The van der Waals surface area contributed by atoms with Crippen LogP contribution in [-0.2, 0) is 17.2 Å². The second-order valence-corrected chi connectivity index (χ2v) is 4.42. The van der Waals surface area contributed by atoms with Crippen LogP contribution in [0.15, 0.2) is 18.2 Å². The summed E-state index contributed by atoms with van der Waals surface area (Å²) in [7, 11) is 1.62. The van der Waals surface area contributed by atoms with Crippen LogP contribution in [0.5, 0.6) is 5.75 Å². The van der Waals surface area contributed by atoms with Gasteiger partial charge in [-0.05, 0) is 12.1 Å². The summed E-state index contributed by atoms with van der Waals surface area (Å²) in [5.41, 5.74) is 1.83. The van der Waals surface area contributed by atoms with Gasteiger partial charge in [0.15, 0.2) is 0 Å². The molecule has 1 N–H and O–H groups in total. The van der Waals surface area contributed by atoms with Gasteiger partial charge in [0.25, 0.3) is 0 Å². The Kier molecular flexibility index (Phi) is 4.27. The summed E-state index contributed by atoms with van der Waals surface area (Å²) in [6, 6.07) is 5.71. The Labute approximate surface area is 116 Å². The molecule has 0 fully saturated rings. The summed E-state index contributed by atoms with van der Waals surface area (Å²) in [6.07, 6.45) is 0. The number of methoxy groups -OCH3 is 1. The lowest BCUT2D eigenvalue weighted by Gasteiger charge is -2.08. The van der Waals surface area contributed by atoms with Crippen LogP contribution < -0.4 is 10.1 Å². The first-order chi connectivity index (χ1) is 9.15. The number of benzene rings is 1. The van der Waals surface area contributed by atoms with Gasteiger partial charge in [-0.15, -0.1) is 11.6 Å². The van der Waals surface area contributed by atoms with Crippen LogP contribution >= 0.6 is 11.6 Å². The smallest absolute Gasteiger partial charge is 0.216 e. The Balaban J connectivity index is 2.32. The van der Waals surface area contributed by atoms with Gasteiger partial charge >= 0.3 is 0 Å². The minimum absolute atomic E-state index is 0.0430. The number of nitrogens with zero attached hydrogens (tertiary/aromatic N) is 2. The van der Waals surface area contributed by atoms with Gasteiger partial charge in [-0.3, -0.25) is 4.79 Å². The van der Waals surface area contributed by atoms with Crippen molar-refractivity contribution in [1.82, 2.24) is 14.9 Å². The highest BCUT2D eigenvalue weighted by Gasteiger charge is 2.10. The largest absolute Gasteiger partial charge is 0.497 e. The lowest BCUT2D eigenvalue weighted by molar-refractivity contribution is -0.118. The summed E-state index contributed by atoms with van der Waals surface area (Å²) in [5, 5.41) is 2.77. The number of halogens is 1. The van der Waals surface area contributed by atoms with E-state index < -0.39 is 0 Å². The van der Waals surface area contributed by atoms with E-state index in [0.29, 0.717) is 19.0 Å². The molecule has 1 aromatic heterocycles. The number of carbonyl (C=O) groups excluding carboxylic acids is 1. The van der Waals surface area contributed by atoms with Crippen molar-refractivity contribution in [2.24, 2.45) is 0 Å². The minimum Gasteiger partial charge on any atom is -0.497 e. The molecule has 1 heterocycles. The lowest BCUT2D eigenvalue weighted by atomic mass is 10.3. The second-order valence-electron chi connectivity index (χ2n) is 4.15. The molecule has 5 nitrogen and oxygen atoms in total. The van der Waals surface area contributed by atoms with Crippen molar-refractivity contribution in [3.8, 4) is 5.75 Å². The number of amides is 1. The van der Waals surface area contributed by atoms with E-state index in [-0.39, 0.29) is 5.91 Å². The van der Waals surface area contributed by atoms with E-state index in [1.54, 1.807) is 7.11 Å². The fourth-order valence-electron chi connectivity index (χ4n) is 1.98. The van der Waals surface area contributed by atoms with Crippen molar-refractivity contribution in [1.29, 1.82) is 0 Å². The number of nitrogens with one attached hydrogen (secondary N) is 1. The third-order valence-corrected chi connectivity index (χ3v) is 3.10. The van der Waals surface area contributed by atoms with E-state index in [0.717, 1.165) is 22.6 Å². The molecule has 6 heteroatoms. The molecule has 0 radical (unpaired) electrons. The molecule has 0 aliphatic rings. The molecule has 0 bridgehead atoms. The van der Waals surface area contributed by atoms with Crippen LogP contribution in [0.1, 0.15) is 12.7 Å². The SMILES string of the molecule is COc1ccc2c(c1)nc(CCl)n2CCNC(C)=O. The summed E-state index contributed by atoms with van der Waals surface area (Å²) < 4.78 is 7.19. The monoisotopic (exact) mass is 281 g/mol. The molecule has 0 spiro atoms. The van der Waals surface area contributed by atoms with Crippen molar-refractivity contribution < 1.29 is 9.53 Å². The molecule has 0 saturated heterocycles. The Hall–Kier alpha value is -1.75. The van der Waals surface area contributed by atoms with Crippen molar-refractivity contribution in [3.63, 3.8) is 0 Å². The molecule has 0 aliphatic carbocycles. The van der Waals surface area contributed by atoms with Crippen LogP contribution in [0, 0.1) is 0 Å². The fourth-order valence-corrected chi connectivity index (χ4v) is 2.19. The van der Waals surface area contributed by atoms with Gasteiger partial charge in [0.1, 0.15) is 11.6 Å². The van der Waals surface area contributed by atoms with E-state index in [4.69, 9.17) is 16.3 Å². The third-order valence-electron chi connectivity index (χ3n) is 2.86. The highest BCUT2D eigenvalue weighted by molar-refractivity contribution is 6.16. The number of fused-ring (bicyclic) bond motifs is 1. The zero-order valence-electron chi connectivity index (χ0n) is 10.9. The topological polar surface area (TPSA) is 56.1 Å². The van der Waals surface area contributed by atoms with E-state index in [9.17, 15) is 4.79 Å². The number of rotatable bonds is 5. The molecule has 102 valence electrons. The quantitative estimate of drug-likeness (QED) is 0.852. The third kappa shape index (κ3) is 2.98. The van der Waals surface area contributed by atoms with Gasteiger partial charge in [0.2, 0.25) is 5.91 Å². The molecule has 2 aromatic rings. The Morgan fingerprint density at radius 2 is 2.32 bits per heavy atom. The van der Waals surface area contributed by atoms with Gasteiger partial charge in [0.05, 0.1) is 24.0 Å². The van der Waals surface area contributed by atoms with Crippen molar-refractivity contribution >= 4 is 28.5 Å². The number of ether oxygens (including phenoxy) is 1. The number of hydrogen-bond acceptors (Lipinski definition) is 3. The van der Waals surface area contributed by atoms with Crippen molar-refractivity contribution in [3.05, 3.63) is 24.0 Å². The number of imidazole rings is 1. The molecule has 19 heavy (non-hydrogen) atoms. The van der Waals surface area contributed by atoms with Crippen molar-refractivity contribution in [2.75, 3.05) is 13.7 Å². The zero-order chi connectivity index (χ0) is 13.8. The van der Waals surface area contributed by atoms with E-state index in [2.05, 4.69) is 10.3 Å². The number of alkyl halides is 1. The fraction of sp³-hybridized carbons (Fsp3) is 0.385. The lowest BCUT2D eigenvalue weighted by Crippen LogP contribution is -2.24. The van der Waals surface area contributed by atoms with Gasteiger partial charge in [-0.25, -0.2) is 4.98 Å². The Morgan fingerprint density at radius 1 is 1.53 bits per heavy atom. The zero-order valence-corrected chi connectivity index (χ0v) is 11.7. The Morgan fingerprint density at radius 3 is 2.95 bits per heavy atom. The van der Waals surface area contributed by atoms with Crippen LogP contribution in [0.3, 0.4) is 0 Å². The molecule has 0 saturated carbocycles.